The van der Waals surface area contributed by atoms with Gasteiger partial charge >= 0.3 is 12.0 Å². The van der Waals surface area contributed by atoms with Crippen LogP contribution in [0.5, 0.6) is 11.5 Å². The quantitative estimate of drug-likeness (QED) is 0.558. The number of esters is 1. The van der Waals surface area contributed by atoms with Gasteiger partial charge in [-0.3, -0.25) is 29.6 Å². The van der Waals surface area contributed by atoms with Gasteiger partial charge in [0.2, 0.25) is 0 Å². The first-order valence-corrected chi connectivity index (χ1v) is 11.0. The summed E-state index contributed by atoms with van der Waals surface area (Å²) in [5, 5.41) is 3.47. The summed E-state index contributed by atoms with van der Waals surface area (Å²) in [6.45, 7) is 1.98. The smallest absolute Gasteiger partial charge is 0.328 e. The minimum atomic E-state index is -0.624. The van der Waals surface area contributed by atoms with Crippen LogP contribution in [0.25, 0.3) is 0 Å². The second-order valence-corrected chi connectivity index (χ2v) is 8.39. The van der Waals surface area contributed by atoms with Gasteiger partial charge in [0.25, 0.3) is 5.91 Å². The fraction of sp³-hybridized carbons (Fsp3) is 0.591. The van der Waals surface area contributed by atoms with E-state index >= 15 is 0 Å². The monoisotopic (exact) mass is 461 g/mol. The largest absolute Gasteiger partial charge is 0.493 e. The molecule has 3 unspecified atom stereocenters. The number of amides is 3. The predicted octanol–water partition coefficient (Wildman–Crippen LogP) is -0.0975. The summed E-state index contributed by atoms with van der Waals surface area (Å²) < 4.78 is 15.4. The van der Waals surface area contributed by atoms with Gasteiger partial charge in [0.15, 0.2) is 11.5 Å². The number of benzene rings is 1. The number of nitrogens with zero attached hydrogens (tertiary/aromatic N) is 4. The van der Waals surface area contributed by atoms with Crippen LogP contribution in [-0.2, 0) is 20.7 Å². The molecule has 11 heteroatoms. The Morgan fingerprint density at radius 2 is 1.88 bits per heavy atom. The molecule has 11 nitrogen and oxygen atoms in total. The molecule has 1 N–H and O–H groups in total. The third-order valence-electron chi connectivity index (χ3n) is 6.62. The highest BCUT2D eigenvalue weighted by molar-refractivity contribution is 6.02. The van der Waals surface area contributed by atoms with Crippen LogP contribution in [0.2, 0.25) is 0 Å². The summed E-state index contributed by atoms with van der Waals surface area (Å²) in [5.74, 6) is 0.387. The molecule has 1 aromatic carbocycles. The van der Waals surface area contributed by atoms with Gasteiger partial charge in [0.1, 0.15) is 25.0 Å². The van der Waals surface area contributed by atoms with Gasteiger partial charge in [-0.05, 0) is 30.5 Å². The van der Waals surface area contributed by atoms with E-state index in [0.717, 1.165) is 42.9 Å². The van der Waals surface area contributed by atoms with Crippen molar-refractivity contribution in [1.29, 1.82) is 0 Å². The molecule has 33 heavy (non-hydrogen) atoms. The molecule has 3 amide bonds. The topological polar surface area (TPSA) is 104 Å². The van der Waals surface area contributed by atoms with E-state index in [9.17, 15) is 14.4 Å². The van der Waals surface area contributed by atoms with Crippen molar-refractivity contribution in [2.24, 2.45) is 0 Å². The number of likely N-dealkylation sites (N-methyl/N-ethyl adjacent to an activating group) is 1. The molecule has 0 bridgehead atoms. The fourth-order valence-corrected chi connectivity index (χ4v) is 4.87. The second kappa shape index (κ2) is 9.54. The lowest BCUT2D eigenvalue weighted by molar-refractivity contribution is -0.150. The highest BCUT2D eigenvalue weighted by Gasteiger charge is 2.56. The van der Waals surface area contributed by atoms with Crippen LogP contribution in [0.3, 0.4) is 0 Å². The SMILES string of the molecule is COC(=O)CN1C(=O)C2C(NC3N(CCc4ccc(OC)c(OC)c4)CCCN23)N(C)C1=O. The zero-order chi connectivity index (χ0) is 23.7. The zero-order valence-electron chi connectivity index (χ0n) is 19.4. The number of carbonyl (C=O) groups excluding carboxylic acids is 3. The summed E-state index contributed by atoms with van der Waals surface area (Å²) in [6, 6.07) is 4.84. The van der Waals surface area contributed by atoms with E-state index in [1.165, 1.54) is 12.0 Å². The van der Waals surface area contributed by atoms with Crippen molar-refractivity contribution in [1.82, 2.24) is 24.9 Å². The minimum absolute atomic E-state index is 0.175. The fourth-order valence-electron chi connectivity index (χ4n) is 4.87. The van der Waals surface area contributed by atoms with Crippen LogP contribution < -0.4 is 14.8 Å². The first kappa shape index (κ1) is 23.3. The number of imide groups is 1. The third kappa shape index (κ3) is 4.23. The molecule has 1 aromatic rings. The van der Waals surface area contributed by atoms with Crippen LogP contribution >= 0.6 is 0 Å². The number of fused-ring (bicyclic) bond motifs is 3. The Hall–Kier alpha value is -2.89. The van der Waals surface area contributed by atoms with Crippen LogP contribution in [0.15, 0.2) is 18.2 Å². The van der Waals surface area contributed by atoms with Crippen LogP contribution in [0.4, 0.5) is 4.79 Å². The standard InChI is InChI=1S/C22H31N5O6/c1-24-19-18(20(29)27(22(24)30)13-17(28)33-4)26-10-5-9-25(21(26)23-19)11-8-14-6-7-15(31-2)16(12-14)32-3/h6-7,12,18-19,21,23H,5,8-11,13H2,1-4H3. The van der Waals surface area contributed by atoms with Gasteiger partial charge in [-0.25, -0.2) is 4.79 Å². The number of carbonyl (C=O) groups is 3. The first-order chi connectivity index (χ1) is 15.9. The number of rotatable bonds is 7. The van der Waals surface area contributed by atoms with E-state index in [1.807, 2.05) is 18.2 Å². The van der Waals surface area contributed by atoms with E-state index in [-0.39, 0.29) is 18.7 Å². The van der Waals surface area contributed by atoms with Crippen LogP contribution in [0, 0.1) is 0 Å². The van der Waals surface area contributed by atoms with E-state index < -0.39 is 24.2 Å². The van der Waals surface area contributed by atoms with E-state index in [1.54, 1.807) is 21.3 Å². The van der Waals surface area contributed by atoms with Crippen molar-refractivity contribution in [3.05, 3.63) is 23.8 Å². The van der Waals surface area contributed by atoms with Crippen molar-refractivity contribution in [2.75, 3.05) is 54.6 Å². The lowest BCUT2D eigenvalue weighted by atomic mass is 10.1. The third-order valence-corrected chi connectivity index (χ3v) is 6.62. The summed E-state index contributed by atoms with van der Waals surface area (Å²) in [5.41, 5.74) is 1.12. The average molecular weight is 462 g/mol. The summed E-state index contributed by atoms with van der Waals surface area (Å²) in [6.07, 6.45) is 1.06. The minimum Gasteiger partial charge on any atom is -0.493 e. The summed E-state index contributed by atoms with van der Waals surface area (Å²) >= 11 is 0. The highest BCUT2D eigenvalue weighted by Crippen LogP contribution is 2.31. The molecule has 0 aliphatic carbocycles. The van der Waals surface area contributed by atoms with Gasteiger partial charge in [0, 0.05) is 26.7 Å². The lowest BCUT2D eigenvalue weighted by Gasteiger charge is -2.43. The van der Waals surface area contributed by atoms with E-state index in [4.69, 9.17) is 9.47 Å². The van der Waals surface area contributed by atoms with Crippen molar-refractivity contribution in [3.8, 4) is 11.5 Å². The Labute approximate surface area is 193 Å². The maximum absolute atomic E-state index is 13.2. The second-order valence-electron chi connectivity index (χ2n) is 8.39. The number of nitrogens with one attached hydrogen (secondary N) is 1. The Morgan fingerprint density at radius 3 is 2.58 bits per heavy atom. The molecule has 3 saturated heterocycles. The Balaban J connectivity index is 1.48. The Bertz CT molecular complexity index is 927. The van der Waals surface area contributed by atoms with E-state index in [2.05, 4.69) is 19.9 Å². The lowest BCUT2D eigenvalue weighted by Crippen LogP contribution is -2.66. The molecule has 4 rings (SSSR count). The molecule has 3 aliphatic rings. The highest BCUT2D eigenvalue weighted by atomic mass is 16.5. The van der Waals surface area contributed by atoms with Gasteiger partial charge in [0.05, 0.1) is 21.3 Å². The molecule has 3 aliphatic heterocycles. The van der Waals surface area contributed by atoms with Gasteiger partial charge < -0.3 is 19.1 Å². The molecule has 3 atom stereocenters. The molecule has 0 saturated carbocycles. The molecule has 0 aromatic heterocycles. The number of hydrogen-bond donors (Lipinski definition) is 1. The Kier molecular flexibility index (Phi) is 6.73. The molecule has 180 valence electrons. The number of ether oxygens (including phenoxy) is 3. The van der Waals surface area contributed by atoms with Crippen LogP contribution in [0.1, 0.15) is 12.0 Å². The zero-order valence-corrected chi connectivity index (χ0v) is 19.4. The molecule has 0 radical (unpaired) electrons. The van der Waals surface area contributed by atoms with Crippen molar-refractivity contribution in [2.45, 2.75) is 31.3 Å². The molecule has 3 heterocycles. The maximum atomic E-state index is 13.2. The van der Waals surface area contributed by atoms with Crippen molar-refractivity contribution in [3.63, 3.8) is 0 Å². The normalized spacial score (nSPS) is 25.6. The van der Waals surface area contributed by atoms with E-state index in [0.29, 0.717) is 11.5 Å². The number of hydrogen-bond acceptors (Lipinski definition) is 9. The number of methoxy groups -OCH3 is 3. The van der Waals surface area contributed by atoms with Crippen molar-refractivity contribution >= 4 is 17.9 Å². The van der Waals surface area contributed by atoms with Gasteiger partial charge in [-0.15, -0.1) is 0 Å². The first-order valence-electron chi connectivity index (χ1n) is 11.0. The predicted molar refractivity (Wildman–Crippen MR) is 118 cm³/mol. The molecule has 3 fully saturated rings. The maximum Gasteiger partial charge on any atom is 0.328 e. The van der Waals surface area contributed by atoms with Gasteiger partial charge in [-0.1, -0.05) is 6.07 Å². The summed E-state index contributed by atoms with van der Waals surface area (Å²) in [4.78, 5) is 44.6. The Morgan fingerprint density at radius 1 is 1.12 bits per heavy atom. The van der Waals surface area contributed by atoms with Crippen LogP contribution in [-0.4, -0.2) is 111 Å². The molecular formula is C22H31N5O6. The number of urea groups is 1. The van der Waals surface area contributed by atoms with Gasteiger partial charge in [-0.2, -0.15) is 0 Å². The average Bonchev–Trinajstić information content (AvgIpc) is 3.24. The molecule has 0 spiro atoms. The summed E-state index contributed by atoms with van der Waals surface area (Å²) in [7, 11) is 6.12. The molecular weight excluding hydrogens is 430 g/mol. The van der Waals surface area contributed by atoms with Crippen molar-refractivity contribution < 1.29 is 28.6 Å².